The number of benzene rings is 3. The Morgan fingerprint density at radius 3 is 2.67 bits per heavy atom. The number of hydrogen-bond donors (Lipinski definition) is 0. The lowest BCUT2D eigenvalue weighted by atomic mass is 9.83. The van der Waals surface area contributed by atoms with E-state index in [1.165, 1.54) is 29.0 Å². The zero-order valence-corrected chi connectivity index (χ0v) is 20.3. The fraction of sp³-hybridized carbons (Fsp3) is 0.133. The van der Waals surface area contributed by atoms with Crippen molar-refractivity contribution in [1.29, 1.82) is 0 Å². The summed E-state index contributed by atoms with van der Waals surface area (Å²) in [7, 11) is 0. The molecule has 0 unspecified atom stereocenters. The Morgan fingerprint density at radius 2 is 1.83 bits per heavy atom. The average Bonchev–Trinajstić information content (AvgIpc) is 3.22. The van der Waals surface area contributed by atoms with E-state index in [0.717, 1.165) is 40.8 Å². The van der Waals surface area contributed by atoms with Crippen molar-refractivity contribution in [3.05, 3.63) is 139 Å². The Kier molecular flexibility index (Phi) is 5.74. The molecule has 0 saturated heterocycles. The highest BCUT2D eigenvalue weighted by Crippen LogP contribution is 2.41. The zero-order valence-electron chi connectivity index (χ0n) is 19.5. The Hall–Kier alpha value is -4.03. The van der Waals surface area contributed by atoms with Gasteiger partial charge in [0.05, 0.1) is 16.3 Å². The summed E-state index contributed by atoms with van der Waals surface area (Å²) >= 11 is 1.37. The molecule has 1 aliphatic heterocycles. The Morgan fingerprint density at radius 1 is 1.06 bits per heavy atom. The summed E-state index contributed by atoms with van der Waals surface area (Å²) in [6.45, 7) is 4.09. The third kappa shape index (κ3) is 3.84. The zero-order chi connectivity index (χ0) is 24.6. The van der Waals surface area contributed by atoms with Crippen LogP contribution in [0.3, 0.4) is 0 Å². The van der Waals surface area contributed by atoms with Gasteiger partial charge < -0.3 is 4.74 Å². The van der Waals surface area contributed by atoms with Crippen LogP contribution in [-0.2, 0) is 6.42 Å². The van der Waals surface area contributed by atoms with E-state index in [-0.39, 0.29) is 17.4 Å². The van der Waals surface area contributed by atoms with Crippen LogP contribution in [0.15, 0.2) is 101 Å². The minimum atomic E-state index is -0.334. The van der Waals surface area contributed by atoms with Crippen molar-refractivity contribution in [2.24, 2.45) is 4.99 Å². The lowest BCUT2D eigenvalue weighted by Crippen LogP contribution is -2.38. The van der Waals surface area contributed by atoms with Gasteiger partial charge in [0, 0.05) is 11.1 Å². The van der Waals surface area contributed by atoms with Crippen molar-refractivity contribution in [3.63, 3.8) is 0 Å². The monoisotopic (exact) mass is 494 g/mol. The molecular formula is C30H23FN2O2S. The van der Waals surface area contributed by atoms with Crippen LogP contribution < -0.4 is 19.6 Å². The van der Waals surface area contributed by atoms with Gasteiger partial charge in [0.1, 0.15) is 18.2 Å². The lowest BCUT2D eigenvalue weighted by Gasteiger charge is -2.30. The number of hydrogen-bond acceptors (Lipinski definition) is 4. The number of aryl methyl sites for hydroxylation is 1. The Bertz CT molecular complexity index is 1700. The standard InChI is InChI=1S/C30H23FN2O2S/c1-2-17-35-25-10-6-4-8-21(25)18-26-29(34)33-28(20-11-14-22(31)15-12-20)24-16-13-19-7-3-5-9-23(19)27(24)32-30(33)36-26/h2-12,14-15,18,28H,1,13,16-17H2/b26-18-/t28-/m0/s1. The number of nitrogens with zero attached hydrogens (tertiary/aromatic N) is 2. The molecule has 0 bridgehead atoms. The molecular weight excluding hydrogens is 471 g/mol. The average molecular weight is 495 g/mol. The van der Waals surface area contributed by atoms with Crippen LogP contribution in [0, 0.1) is 5.82 Å². The normalized spacial score (nSPS) is 16.6. The molecule has 0 N–H and O–H groups in total. The van der Waals surface area contributed by atoms with E-state index in [1.807, 2.05) is 42.5 Å². The second kappa shape index (κ2) is 9.21. The molecule has 36 heavy (non-hydrogen) atoms. The highest BCUT2D eigenvalue weighted by molar-refractivity contribution is 7.07. The number of rotatable bonds is 5. The van der Waals surface area contributed by atoms with Gasteiger partial charge in [-0.1, -0.05) is 78.6 Å². The van der Waals surface area contributed by atoms with Crippen LogP contribution in [0.25, 0.3) is 11.8 Å². The minimum Gasteiger partial charge on any atom is -0.489 e. The first-order valence-corrected chi connectivity index (χ1v) is 12.7. The predicted molar refractivity (Wildman–Crippen MR) is 141 cm³/mol. The summed E-state index contributed by atoms with van der Waals surface area (Å²) in [5, 5.41) is 0. The van der Waals surface area contributed by atoms with E-state index >= 15 is 0 Å². The SMILES string of the molecule is C=CCOc1ccccc1/C=c1\sc2n(c1=O)[C@@H](c1ccc(F)cc1)C1=C(N=2)c2ccccc2CC1. The molecule has 0 fully saturated rings. The van der Waals surface area contributed by atoms with Gasteiger partial charge in [-0.3, -0.25) is 9.36 Å². The van der Waals surface area contributed by atoms with Crippen LogP contribution in [0.2, 0.25) is 0 Å². The summed E-state index contributed by atoms with van der Waals surface area (Å²) in [6, 6.07) is 22.0. The third-order valence-electron chi connectivity index (χ3n) is 6.62. The van der Waals surface area contributed by atoms with Gasteiger partial charge in [-0.2, -0.15) is 0 Å². The summed E-state index contributed by atoms with van der Waals surface area (Å²) in [6.07, 6.45) is 5.22. The molecule has 4 aromatic rings. The number of allylic oxidation sites excluding steroid dienone is 1. The molecule has 6 heteroatoms. The van der Waals surface area contributed by atoms with Crippen LogP contribution in [0.5, 0.6) is 5.75 Å². The van der Waals surface area contributed by atoms with E-state index < -0.39 is 0 Å². The van der Waals surface area contributed by atoms with Crippen molar-refractivity contribution in [1.82, 2.24) is 4.57 Å². The van der Waals surface area contributed by atoms with Crippen molar-refractivity contribution in [2.45, 2.75) is 18.9 Å². The van der Waals surface area contributed by atoms with Gasteiger partial charge in [-0.05, 0) is 53.8 Å². The number of aromatic nitrogens is 1. The van der Waals surface area contributed by atoms with E-state index in [0.29, 0.717) is 21.7 Å². The van der Waals surface area contributed by atoms with Crippen LogP contribution in [-0.4, -0.2) is 11.2 Å². The van der Waals surface area contributed by atoms with Crippen LogP contribution >= 0.6 is 11.3 Å². The number of fused-ring (bicyclic) bond motifs is 3. The van der Waals surface area contributed by atoms with Gasteiger partial charge in [0.15, 0.2) is 4.80 Å². The molecule has 0 amide bonds. The lowest BCUT2D eigenvalue weighted by molar-refractivity contribution is 0.362. The Balaban J connectivity index is 1.58. The van der Waals surface area contributed by atoms with Gasteiger partial charge in [0.25, 0.3) is 5.56 Å². The molecule has 6 rings (SSSR count). The predicted octanol–water partition coefficient (Wildman–Crippen LogP) is 5.02. The van der Waals surface area contributed by atoms with Gasteiger partial charge in [-0.15, -0.1) is 0 Å². The topological polar surface area (TPSA) is 43.6 Å². The molecule has 2 aliphatic rings. The first kappa shape index (κ1) is 22.4. The molecule has 1 aromatic heterocycles. The number of ether oxygens (including phenoxy) is 1. The quantitative estimate of drug-likeness (QED) is 0.366. The summed E-state index contributed by atoms with van der Waals surface area (Å²) in [4.78, 5) is 19.5. The van der Waals surface area contributed by atoms with E-state index in [4.69, 9.17) is 9.73 Å². The Labute approximate surface area is 211 Å². The maximum absolute atomic E-state index is 13.8. The molecule has 1 atom stereocenters. The number of halogens is 1. The summed E-state index contributed by atoms with van der Waals surface area (Å²) in [5.41, 5.74) is 5.95. The second-order valence-electron chi connectivity index (χ2n) is 8.80. The van der Waals surface area contributed by atoms with Crippen molar-refractivity contribution >= 4 is 23.1 Å². The van der Waals surface area contributed by atoms with Gasteiger partial charge in [0.2, 0.25) is 0 Å². The number of thiazole rings is 1. The summed E-state index contributed by atoms with van der Waals surface area (Å²) in [5.74, 6) is 0.386. The van der Waals surface area contributed by atoms with Gasteiger partial charge >= 0.3 is 0 Å². The van der Waals surface area contributed by atoms with E-state index in [9.17, 15) is 9.18 Å². The van der Waals surface area contributed by atoms with Crippen molar-refractivity contribution < 1.29 is 9.13 Å². The maximum atomic E-state index is 13.8. The minimum absolute atomic E-state index is 0.114. The van der Waals surface area contributed by atoms with Crippen molar-refractivity contribution in [2.75, 3.05) is 6.61 Å². The fourth-order valence-electron chi connectivity index (χ4n) is 4.99. The van der Waals surface area contributed by atoms with E-state index in [2.05, 4.69) is 18.7 Å². The molecule has 0 spiro atoms. The maximum Gasteiger partial charge on any atom is 0.271 e. The van der Waals surface area contributed by atoms with Crippen molar-refractivity contribution in [3.8, 4) is 5.75 Å². The highest BCUT2D eigenvalue weighted by atomic mass is 32.1. The molecule has 2 heterocycles. The molecule has 3 aromatic carbocycles. The molecule has 1 aliphatic carbocycles. The second-order valence-corrected chi connectivity index (χ2v) is 9.81. The molecule has 0 radical (unpaired) electrons. The third-order valence-corrected chi connectivity index (χ3v) is 7.60. The smallest absolute Gasteiger partial charge is 0.271 e. The molecule has 178 valence electrons. The molecule has 0 saturated carbocycles. The first-order chi connectivity index (χ1) is 17.6. The first-order valence-electron chi connectivity index (χ1n) is 11.9. The fourth-order valence-corrected chi connectivity index (χ4v) is 5.98. The van der Waals surface area contributed by atoms with Crippen LogP contribution in [0.4, 0.5) is 4.39 Å². The largest absolute Gasteiger partial charge is 0.489 e. The number of para-hydroxylation sites is 1. The summed E-state index contributed by atoms with van der Waals surface area (Å²) < 4.78 is 21.9. The highest BCUT2D eigenvalue weighted by Gasteiger charge is 2.32. The van der Waals surface area contributed by atoms with E-state index in [1.54, 1.807) is 22.8 Å². The van der Waals surface area contributed by atoms with Gasteiger partial charge in [-0.25, -0.2) is 9.38 Å². The van der Waals surface area contributed by atoms with Crippen LogP contribution in [0.1, 0.15) is 34.7 Å². The molecule has 4 nitrogen and oxygen atoms in total.